The lowest BCUT2D eigenvalue weighted by molar-refractivity contribution is 0.0728. The van der Waals surface area contributed by atoms with E-state index in [1.54, 1.807) is 16.8 Å². The number of aromatic nitrogens is 2. The monoisotopic (exact) mass is 450 g/mol. The predicted octanol–water partition coefficient (Wildman–Crippen LogP) is 3.69. The van der Waals surface area contributed by atoms with Crippen molar-refractivity contribution in [2.24, 2.45) is 7.05 Å². The largest absolute Gasteiger partial charge is 0.347 e. The van der Waals surface area contributed by atoms with Crippen molar-refractivity contribution in [2.75, 3.05) is 13.1 Å². The third-order valence-electron chi connectivity index (χ3n) is 6.07. The molecule has 164 valence electrons. The number of aryl methyl sites for hydroxylation is 2. The molecule has 0 spiro atoms. The minimum Gasteiger partial charge on any atom is -0.347 e. The zero-order valence-corrected chi connectivity index (χ0v) is 19.3. The molecule has 1 saturated carbocycles. The van der Waals surface area contributed by atoms with E-state index in [2.05, 4.69) is 9.71 Å². The summed E-state index contributed by atoms with van der Waals surface area (Å²) in [6.07, 6.45) is 10.00. The molecule has 7 nitrogen and oxygen atoms in total. The molecule has 9 heteroatoms. The summed E-state index contributed by atoms with van der Waals surface area (Å²) in [5.74, 6) is 0.0389. The van der Waals surface area contributed by atoms with Crippen LogP contribution in [0.1, 0.15) is 66.7 Å². The molecule has 0 radical (unpaired) electrons. The Hall–Kier alpha value is -1.71. The van der Waals surface area contributed by atoms with Gasteiger partial charge in [-0.25, -0.2) is 18.1 Å². The number of rotatable bonds is 5. The number of thiazole rings is 1. The van der Waals surface area contributed by atoms with E-state index in [1.165, 1.54) is 24.2 Å². The van der Waals surface area contributed by atoms with Gasteiger partial charge in [0.25, 0.3) is 5.91 Å². The molecular weight excluding hydrogens is 420 g/mol. The van der Waals surface area contributed by atoms with Crippen molar-refractivity contribution in [1.82, 2.24) is 19.2 Å². The number of amides is 1. The van der Waals surface area contributed by atoms with Crippen LogP contribution in [-0.2, 0) is 17.1 Å². The highest BCUT2D eigenvalue weighted by Gasteiger charge is 2.27. The first-order valence-corrected chi connectivity index (χ1v) is 13.1. The summed E-state index contributed by atoms with van der Waals surface area (Å²) in [6.45, 7) is 3.44. The normalized spacial score (nSPS) is 18.7. The number of piperidine rings is 1. The first-order chi connectivity index (χ1) is 14.3. The molecule has 1 aliphatic heterocycles. The van der Waals surface area contributed by atoms with Crippen molar-refractivity contribution in [3.8, 4) is 10.7 Å². The minimum absolute atomic E-state index is 0.0169. The third-order valence-corrected chi connectivity index (χ3v) is 8.73. The molecule has 0 unspecified atom stereocenters. The lowest BCUT2D eigenvalue weighted by Crippen LogP contribution is -2.35. The van der Waals surface area contributed by atoms with Crippen molar-refractivity contribution in [3.63, 3.8) is 0 Å². The zero-order chi connectivity index (χ0) is 21.3. The summed E-state index contributed by atoms with van der Waals surface area (Å²) in [5.41, 5.74) is 1.42. The second-order valence-corrected chi connectivity index (χ2v) is 11.1. The van der Waals surface area contributed by atoms with Gasteiger partial charge in [-0.2, -0.15) is 0 Å². The number of hydrogen-bond donors (Lipinski definition) is 1. The van der Waals surface area contributed by atoms with Gasteiger partial charge in [0.05, 0.1) is 11.4 Å². The second kappa shape index (κ2) is 8.80. The van der Waals surface area contributed by atoms with E-state index >= 15 is 0 Å². The lowest BCUT2D eigenvalue weighted by Gasteiger charge is -2.26. The summed E-state index contributed by atoms with van der Waals surface area (Å²) in [4.78, 5) is 20.3. The number of likely N-dealkylation sites (tertiary alicyclic amines) is 1. The Morgan fingerprint density at radius 3 is 2.50 bits per heavy atom. The summed E-state index contributed by atoms with van der Waals surface area (Å²) >= 11 is 1.35. The van der Waals surface area contributed by atoms with E-state index in [0.29, 0.717) is 21.3 Å². The Balaban J connectivity index is 1.56. The van der Waals surface area contributed by atoms with E-state index in [1.807, 2.05) is 18.9 Å². The first-order valence-electron chi connectivity index (χ1n) is 10.8. The number of hydrogen-bond acceptors (Lipinski definition) is 5. The van der Waals surface area contributed by atoms with Crippen LogP contribution >= 0.6 is 11.3 Å². The fourth-order valence-electron chi connectivity index (χ4n) is 4.35. The number of nitrogens with one attached hydrogen (secondary N) is 1. The Morgan fingerprint density at radius 2 is 1.80 bits per heavy atom. The minimum atomic E-state index is -3.58. The van der Waals surface area contributed by atoms with E-state index in [-0.39, 0.29) is 16.8 Å². The van der Waals surface area contributed by atoms with Gasteiger partial charge >= 0.3 is 0 Å². The first kappa shape index (κ1) is 21.5. The van der Waals surface area contributed by atoms with Gasteiger partial charge in [-0.3, -0.25) is 4.79 Å². The van der Waals surface area contributed by atoms with Gasteiger partial charge in [-0.15, -0.1) is 11.3 Å². The van der Waals surface area contributed by atoms with Crippen LogP contribution in [0.25, 0.3) is 10.7 Å². The maximum Gasteiger partial charge on any atom is 0.265 e. The highest BCUT2D eigenvalue weighted by molar-refractivity contribution is 7.89. The zero-order valence-electron chi connectivity index (χ0n) is 17.7. The molecule has 2 fully saturated rings. The van der Waals surface area contributed by atoms with Gasteiger partial charge in [0, 0.05) is 32.4 Å². The second-order valence-electron chi connectivity index (χ2n) is 8.41. The van der Waals surface area contributed by atoms with Crippen LogP contribution in [-0.4, -0.2) is 47.9 Å². The van der Waals surface area contributed by atoms with E-state index < -0.39 is 10.0 Å². The van der Waals surface area contributed by atoms with Gasteiger partial charge in [0.15, 0.2) is 0 Å². The molecular formula is C21H30N4O3S2. The van der Waals surface area contributed by atoms with E-state index in [4.69, 9.17) is 0 Å². The topological polar surface area (TPSA) is 84.3 Å². The maximum atomic E-state index is 12.9. The summed E-state index contributed by atoms with van der Waals surface area (Å²) in [6, 6.07) is 1.68. The number of sulfonamides is 1. The van der Waals surface area contributed by atoms with Crippen LogP contribution in [0.4, 0.5) is 0 Å². The lowest BCUT2D eigenvalue weighted by atomic mass is 9.96. The molecule has 30 heavy (non-hydrogen) atoms. The van der Waals surface area contributed by atoms with Crippen LogP contribution in [0.5, 0.6) is 0 Å². The van der Waals surface area contributed by atoms with Crippen LogP contribution in [0.3, 0.4) is 0 Å². The van der Waals surface area contributed by atoms with Crippen LogP contribution in [0, 0.1) is 6.92 Å². The van der Waals surface area contributed by atoms with Crippen molar-refractivity contribution in [3.05, 3.63) is 22.8 Å². The molecule has 1 N–H and O–H groups in total. The van der Waals surface area contributed by atoms with Crippen molar-refractivity contribution < 1.29 is 13.2 Å². The fraction of sp³-hybridized carbons (Fsp3) is 0.619. The van der Waals surface area contributed by atoms with E-state index in [9.17, 15) is 13.2 Å². The van der Waals surface area contributed by atoms with Gasteiger partial charge in [-0.05, 0) is 45.1 Å². The Bertz CT molecular complexity index is 1010. The number of carbonyl (C=O) groups excluding carboxylic acids is 1. The molecule has 1 saturated heterocycles. The van der Waals surface area contributed by atoms with Crippen LogP contribution < -0.4 is 4.72 Å². The van der Waals surface area contributed by atoms with Crippen molar-refractivity contribution in [1.29, 1.82) is 0 Å². The number of nitrogens with zero attached hydrogens (tertiary/aromatic N) is 3. The van der Waals surface area contributed by atoms with Crippen LogP contribution in [0.15, 0.2) is 17.2 Å². The quantitative estimate of drug-likeness (QED) is 0.753. The van der Waals surface area contributed by atoms with Crippen molar-refractivity contribution >= 4 is 27.3 Å². The molecule has 2 aliphatic rings. The Kier molecular flexibility index (Phi) is 6.31. The highest BCUT2D eigenvalue weighted by atomic mass is 32.2. The van der Waals surface area contributed by atoms with Gasteiger partial charge in [0.2, 0.25) is 10.0 Å². The molecule has 0 aromatic carbocycles. The fourth-order valence-corrected chi connectivity index (χ4v) is 6.81. The molecule has 2 aromatic rings. The third kappa shape index (κ3) is 4.48. The molecule has 1 aliphatic carbocycles. The molecule has 0 atom stereocenters. The summed E-state index contributed by atoms with van der Waals surface area (Å²) in [7, 11) is -1.76. The average Bonchev–Trinajstić information content (AvgIpc) is 3.31. The predicted molar refractivity (Wildman–Crippen MR) is 118 cm³/mol. The van der Waals surface area contributed by atoms with Gasteiger partial charge in [-0.1, -0.05) is 19.3 Å². The Morgan fingerprint density at radius 1 is 1.13 bits per heavy atom. The molecule has 2 aromatic heterocycles. The smallest absolute Gasteiger partial charge is 0.265 e. The Labute approximate surface area is 182 Å². The van der Waals surface area contributed by atoms with Crippen LogP contribution in [0.2, 0.25) is 0 Å². The summed E-state index contributed by atoms with van der Waals surface area (Å²) < 4.78 is 30.4. The highest BCUT2D eigenvalue weighted by Crippen LogP contribution is 2.32. The van der Waals surface area contributed by atoms with E-state index in [0.717, 1.165) is 51.6 Å². The number of carbonyl (C=O) groups is 1. The molecule has 0 bridgehead atoms. The standard InChI is InChI=1S/C21H30N4O3S2/c1-15-19(21(26)25-11-7-4-8-12-25)29-20(22-15)18-13-17(14-24(18)2)30(27,28)23-16-9-5-3-6-10-16/h13-14,16,23H,3-12H2,1-2H3. The SMILES string of the molecule is Cc1nc(-c2cc(S(=O)(=O)NC3CCCCC3)cn2C)sc1C(=O)N1CCCCC1. The molecule has 3 heterocycles. The van der Waals surface area contributed by atoms with Gasteiger partial charge < -0.3 is 9.47 Å². The molecule has 1 amide bonds. The maximum absolute atomic E-state index is 12.9. The summed E-state index contributed by atoms with van der Waals surface area (Å²) in [5, 5.41) is 0.675. The van der Waals surface area contributed by atoms with Crippen molar-refractivity contribution in [2.45, 2.75) is 69.2 Å². The average molecular weight is 451 g/mol. The van der Waals surface area contributed by atoms with Gasteiger partial charge in [0.1, 0.15) is 14.8 Å². The molecule has 4 rings (SSSR count).